The van der Waals surface area contributed by atoms with Crippen molar-refractivity contribution in [2.45, 2.75) is 0 Å². The molecule has 0 unspecified atom stereocenters. The van der Waals surface area contributed by atoms with Crippen LogP contribution in [0.25, 0.3) is 55.1 Å². The number of pyridine rings is 1. The van der Waals surface area contributed by atoms with Gasteiger partial charge in [-0.25, -0.2) is 0 Å². The van der Waals surface area contributed by atoms with Gasteiger partial charge >= 0.3 is 0 Å². The minimum absolute atomic E-state index is 0.844. The van der Waals surface area contributed by atoms with Crippen LogP contribution in [0.3, 0.4) is 0 Å². The van der Waals surface area contributed by atoms with Crippen LogP contribution in [0.5, 0.6) is 0 Å². The lowest BCUT2D eigenvalue weighted by molar-refractivity contribution is 0.669. The van der Waals surface area contributed by atoms with Crippen LogP contribution in [-0.4, -0.2) is 4.98 Å². The predicted octanol–water partition coefficient (Wildman–Crippen LogP) is 11.7. The fourth-order valence-corrected chi connectivity index (χ4v) is 6.27. The van der Waals surface area contributed by atoms with E-state index in [2.05, 4.69) is 142 Å². The molecule has 0 saturated carbocycles. The number of halogens is 1. The van der Waals surface area contributed by atoms with Crippen LogP contribution in [0, 0.1) is 0 Å². The number of para-hydroxylation sites is 1. The zero-order valence-corrected chi connectivity index (χ0v) is 24.7. The van der Waals surface area contributed by atoms with Crippen molar-refractivity contribution in [3.8, 4) is 22.4 Å². The second-order valence-electron chi connectivity index (χ2n) is 10.6. The van der Waals surface area contributed by atoms with Gasteiger partial charge < -0.3 is 9.32 Å². The van der Waals surface area contributed by atoms with Crippen LogP contribution < -0.4 is 4.90 Å². The van der Waals surface area contributed by atoms with Gasteiger partial charge in [-0.3, -0.25) is 4.98 Å². The molecule has 0 aliphatic carbocycles. The molecule has 2 heterocycles. The van der Waals surface area contributed by atoms with Gasteiger partial charge in [0.05, 0.1) is 11.4 Å². The number of aromatic nitrogens is 1. The first-order valence-corrected chi connectivity index (χ1v) is 15.0. The lowest BCUT2D eigenvalue weighted by Crippen LogP contribution is -2.10. The summed E-state index contributed by atoms with van der Waals surface area (Å²) in [6.07, 6.45) is 1.94. The number of anilines is 3. The Bertz CT molecular complexity index is 2240. The molecule has 8 aromatic rings. The molecular formula is C39H25BrN2O. The fraction of sp³-hybridized carbons (Fsp3) is 0. The highest BCUT2D eigenvalue weighted by Gasteiger charge is 2.20. The first-order valence-electron chi connectivity index (χ1n) is 14.2. The Hall–Kier alpha value is -5.19. The normalized spacial score (nSPS) is 11.4. The molecule has 0 radical (unpaired) electrons. The minimum atomic E-state index is 0.844. The van der Waals surface area contributed by atoms with Crippen LogP contribution in [0.1, 0.15) is 0 Å². The highest BCUT2D eigenvalue weighted by Crippen LogP contribution is 2.44. The van der Waals surface area contributed by atoms with E-state index in [1.165, 1.54) is 16.5 Å². The van der Waals surface area contributed by atoms with Gasteiger partial charge in [0.25, 0.3) is 0 Å². The smallest absolute Gasteiger partial charge is 0.159 e. The molecule has 0 spiro atoms. The molecule has 0 N–H and O–H groups in total. The van der Waals surface area contributed by atoms with Gasteiger partial charge in [-0.05, 0) is 65.0 Å². The monoisotopic (exact) mass is 616 g/mol. The highest BCUT2D eigenvalue weighted by molar-refractivity contribution is 9.10. The largest absolute Gasteiger partial charge is 0.454 e. The summed E-state index contributed by atoms with van der Waals surface area (Å²) in [5, 5.41) is 4.48. The third kappa shape index (κ3) is 4.66. The molecule has 0 atom stereocenters. The van der Waals surface area contributed by atoms with Gasteiger partial charge in [-0.2, -0.15) is 0 Å². The van der Waals surface area contributed by atoms with Crippen molar-refractivity contribution < 1.29 is 4.42 Å². The number of nitrogens with zero attached hydrogens (tertiary/aromatic N) is 2. The standard InChI is InChI=1S/C39H25BrN2O/c40-31-23-35-34-12-6-7-13-38(34)43-39(35)37(24-31)42(32-18-14-27(15-19-32)26-8-2-1-3-9-26)33-20-16-28(17-21-33)36-22-29-10-4-5-11-30(29)25-41-36/h1-25H. The van der Waals surface area contributed by atoms with Gasteiger partial charge in [-0.1, -0.05) is 113 Å². The molecular weight excluding hydrogens is 592 g/mol. The number of furan rings is 1. The summed E-state index contributed by atoms with van der Waals surface area (Å²) in [4.78, 5) is 7.01. The summed E-state index contributed by atoms with van der Waals surface area (Å²) >= 11 is 3.79. The van der Waals surface area contributed by atoms with Crippen LogP contribution in [-0.2, 0) is 0 Å². The molecule has 6 aromatic carbocycles. The average molecular weight is 618 g/mol. The van der Waals surface area contributed by atoms with Crippen molar-refractivity contribution in [3.63, 3.8) is 0 Å². The van der Waals surface area contributed by atoms with Crippen LogP contribution in [0.15, 0.2) is 161 Å². The number of hydrogen-bond donors (Lipinski definition) is 0. The quantitative estimate of drug-likeness (QED) is 0.192. The summed E-state index contributed by atoms with van der Waals surface area (Å²) < 4.78 is 7.51. The Kier molecular flexibility index (Phi) is 6.27. The van der Waals surface area contributed by atoms with E-state index in [-0.39, 0.29) is 0 Å². The zero-order chi connectivity index (χ0) is 28.8. The second-order valence-corrected chi connectivity index (χ2v) is 11.5. The first-order chi connectivity index (χ1) is 21.2. The van der Waals surface area contributed by atoms with E-state index in [0.29, 0.717) is 0 Å². The Morgan fingerprint density at radius 3 is 1.93 bits per heavy atom. The predicted molar refractivity (Wildman–Crippen MR) is 182 cm³/mol. The molecule has 43 heavy (non-hydrogen) atoms. The first kappa shape index (κ1) is 25.5. The molecule has 2 aromatic heterocycles. The summed E-state index contributed by atoms with van der Waals surface area (Å²) in [5.74, 6) is 0. The molecule has 0 fully saturated rings. The fourth-order valence-electron chi connectivity index (χ4n) is 5.82. The van der Waals surface area contributed by atoms with Gasteiger partial charge in [0.15, 0.2) is 5.58 Å². The average Bonchev–Trinajstić information content (AvgIpc) is 3.44. The van der Waals surface area contributed by atoms with Crippen molar-refractivity contribution in [1.29, 1.82) is 0 Å². The van der Waals surface area contributed by atoms with Gasteiger partial charge in [-0.15, -0.1) is 0 Å². The van der Waals surface area contributed by atoms with E-state index in [1.54, 1.807) is 0 Å². The van der Waals surface area contributed by atoms with E-state index in [1.807, 2.05) is 30.5 Å². The molecule has 204 valence electrons. The maximum atomic E-state index is 6.52. The number of rotatable bonds is 5. The SMILES string of the molecule is Brc1cc(N(c2ccc(-c3ccccc3)cc2)c2ccc(-c3cc4ccccc4cn3)cc2)c2oc3ccccc3c2c1. The van der Waals surface area contributed by atoms with Crippen LogP contribution >= 0.6 is 15.9 Å². The maximum Gasteiger partial charge on any atom is 0.159 e. The molecule has 0 amide bonds. The van der Waals surface area contributed by atoms with Crippen molar-refractivity contribution >= 4 is 65.7 Å². The van der Waals surface area contributed by atoms with Crippen molar-refractivity contribution in [2.75, 3.05) is 4.90 Å². The van der Waals surface area contributed by atoms with Gasteiger partial charge in [0, 0.05) is 43.8 Å². The topological polar surface area (TPSA) is 29.3 Å². The van der Waals surface area contributed by atoms with E-state index < -0.39 is 0 Å². The van der Waals surface area contributed by atoms with Gasteiger partial charge in [0.2, 0.25) is 0 Å². The van der Waals surface area contributed by atoms with E-state index >= 15 is 0 Å². The highest BCUT2D eigenvalue weighted by atomic mass is 79.9. The molecule has 3 nitrogen and oxygen atoms in total. The zero-order valence-electron chi connectivity index (χ0n) is 23.1. The Labute approximate surface area is 257 Å². The minimum Gasteiger partial charge on any atom is -0.454 e. The second kappa shape index (κ2) is 10.6. The summed E-state index contributed by atoms with van der Waals surface area (Å²) in [5.41, 5.74) is 9.12. The molecule has 0 saturated heterocycles. The van der Waals surface area contributed by atoms with E-state index in [9.17, 15) is 0 Å². The summed E-state index contributed by atoms with van der Waals surface area (Å²) in [7, 11) is 0. The number of benzene rings is 6. The Balaban J connectivity index is 1.28. The lowest BCUT2D eigenvalue weighted by Gasteiger charge is -2.26. The lowest BCUT2D eigenvalue weighted by atomic mass is 10.0. The Morgan fingerprint density at radius 2 is 1.16 bits per heavy atom. The van der Waals surface area contributed by atoms with Crippen molar-refractivity contribution in [2.24, 2.45) is 0 Å². The third-order valence-electron chi connectivity index (χ3n) is 7.95. The van der Waals surface area contributed by atoms with Crippen molar-refractivity contribution in [1.82, 2.24) is 4.98 Å². The van der Waals surface area contributed by atoms with Gasteiger partial charge in [0.1, 0.15) is 5.58 Å². The van der Waals surface area contributed by atoms with E-state index in [4.69, 9.17) is 9.40 Å². The Morgan fingerprint density at radius 1 is 0.535 bits per heavy atom. The molecule has 0 aliphatic heterocycles. The maximum absolute atomic E-state index is 6.52. The van der Waals surface area contributed by atoms with Crippen LogP contribution in [0.4, 0.5) is 17.1 Å². The number of fused-ring (bicyclic) bond motifs is 4. The third-order valence-corrected chi connectivity index (χ3v) is 8.41. The molecule has 8 rings (SSSR count). The van der Waals surface area contributed by atoms with Crippen LogP contribution in [0.2, 0.25) is 0 Å². The molecule has 0 bridgehead atoms. The summed E-state index contributed by atoms with van der Waals surface area (Å²) in [6.45, 7) is 0. The van der Waals surface area contributed by atoms with E-state index in [0.717, 1.165) is 60.1 Å². The molecule has 4 heteroatoms. The van der Waals surface area contributed by atoms with Crippen molar-refractivity contribution in [3.05, 3.63) is 156 Å². The molecule has 0 aliphatic rings. The number of hydrogen-bond acceptors (Lipinski definition) is 3. The summed E-state index contributed by atoms with van der Waals surface area (Å²) in [6, 6.07) is 50.7.